The molecule has 0 bridgehead atoms. The molecule has 1 saturated heterocycles. The van der Waals surface area contributed by atoms with Crippen molar-refractivity contribution in [3.63, 3.8) is 0 Å². The summed E-state index contributed by atoms with van der Waals surface area (Å²) in [6.45, 7) is 3.66. The fraction of sp³-hybridized carbons (Fsp3) is 0.250. The molecule has 1 aliphatic rings. The van der Waals surface area contributed by atoms with Crippen molar-refractivity contribution in [2.45, 2.75) is 19.8 Å². The SMILES string of the molecule is CCOC(=O)Oc1c(F)cc(C(=O)Nc2ncc(-c3cccc(N4CCCC4)c3)s2)cc1C=O. The molecule has 176 valence electrons. The summed E-state index contributed by atoms with van der Waals surface area (Å²) in [5.41, 5.74) is 1.72. The molecule has 1 N–H and O–H groups in total. The third-order valence-corrected chi connectivity index (χ3v) is 6.20. The van der Waals surface area contributed by atoms with Crippen molar-refractivity contribution in [1.29, 1.82) is 0 Å². The van der Waals surface area contributed by atoms with Crippen molar-refractivity contribution in [2.75, 3.05) is 29.9 Å². The van der Waals surface area contributed by atoms with Gasteiger partial charge in [0.15, 0.2) is 23.0 Å². The van der Waals surface area contributed by atoms with E-state index in [1.807, 2.05) is 12.1 Å². The lowest BCUT2D eigenvalue weighted by molar-refractivity contribution is 0.101. The Bertz CT molecular complexity index is 1220. The first-order chi connectivity index (χ1) is 16.5. The first-order valence-corrected chi connectivity index (χ1v) is 11.6. The van der Waals surface area contributed by atoms with E-state index < -0.39 is 23.6 Å². The highest BCUT2D eigenvalue weighted by Gasteiger charge is 2.20. The molecule has 0 aliphatic carbocycles. The molecule has 2 heterocycles. The van der Waals surface area contributed by atoms with Crippen molar-refractivity contribution in [2.24, 2.45) is 0 Å². The molecule has 1 amide bonds. The van der Waals surface area contributed by atoms with E-state index in [0.29, 0.717) is 11.4 Å². The van der Waals surface area contributed by atoms with Crippen LogP contribution in [0.1, 0.15) is 40.5 Å². The highest BCUT2D eigenvalue weighted by atomic mass is 32.1. The van der Waals surface area contributed by atoms with Gasteiger partial charge in [-0.05, 0) is 49.6 Å². The second kappa shape index (κ2) is 10.4. The second-order valence-electron chi connectivity index (χ2n) is 7.51. The van der Waals surface area contributed by atoms with Gasteiger partial charge in [0.05, 0.1) is 17.0 Å². The Morgan fingerprint density at radius 1 is 1.24 bits per heavy atom. The normalized spacial score (nSPS) is 12.9. The van der Waals surface area contributed by atoms with Crippen LogP contribution in [0.4, 0.5) is 20.0 Å². The average molecular weight is 484 g/mol. The van der Waals surface area contributed by atoms with Gasteiger partial charge in [0.2, 0.25) is 0 Å². The van der Waals surface area contributed by atoms with Gasteiger partial charge in [-0.1, -0.05) is 23.5 Å². The average Bonchev–Trinajstić information content (AvgIpc) is 3.53. The Kier molecular flexibility index (Phi) is 7.17. The van der Waals surface area contributed by atoms with Crippen LogP contribution in [0, 0.1) is 5.82 Å². The molecular formula is C24H22FN3O5S. The van der Waals surface area contributed by atoms with Gasteiger partial charge in [-0.3, -0.25) is 14.9 Å². The van der Waals surface area contributed by atoms with Crippen LogP contribution >= 0.6 is 11.3 Å². The van der Waals surface area contributed by atoms with Gasteiger partial charge in [0.25, 0.3) is 5.91 Å². The number of hydrogen-bond acceptors (Lipinski definition) is 8. The molecule has 4 rings (SSSR count). The Labute approximate surface area is 199 Å². The minimum Gasteiger partial charge on any atom is -0.434 e. The van der Waals surface area contributed by atoms with E-state index in [1.165, 1.54) is 24.2 Å². The summed E-state index contributed by atoms with van der Waals surface area (Å²) in [5, 5.41) is 2.95. The molecule has 1 aromatic heterocycles. The first-order valence-electron chi connectivity index (χ1n) is 10.7. The Morgan fingerprint density at radius 3 is 2.76 bits per heavy atom. The van der Waals surface area contributed by atoms with Crippen molar-refractivity contribution >= 4 is 40.5 Å². The molecule has 0 saturated carbocycles. The number of thiazole rings is 1. The monoisotopic (exact) mass is 483 g/mol. The molecule has 3 aromatic rings. The zero-order valence-electron chi connectivity index (χ0n) is 18.4. The van der Waals surface area contributed by atoms with E-state index in [0.717, 1.165) is 41.4 Å². The van der Waals surface area contributed by atoms with Crippen molar-refractivity contribution in [3.8, 4) is 16.2 Å². The largest absolute Gasteiger partial charge is 0.513 e. The van der Waals surface area contributed by atoms with Crippen molar-refractivity contribution in [1.82, 2.24) is 4.98 Å². The Morgan fingerprint density at radius 2 is 2.03 bits per heavy atom. The van der Waals surface area contributed by atoms with Gasteiger partial charge in [-0.2, -0.15) is 0 Å². The maximum atomic E-state index is 14.5. The fourth-order valence-electron chi connectivity index (χ4n) is 3.64. The van der Waals surface area contributed by atoms with Gasteiger partial charge < -0.3 is 14.4 Å². The number of carbonyl (C=O) groups excluding carboxylic acids is 3. The first kappa shape index (κ1) is 23.4. The van der Waals surface area contributed by atoms with Crippen LogP contribution in [0.3, 0.4) is 0 Å². The smallest absolute Gasteiger partial charge is 0.434 e. The maximum Gasteiger partial charge on any atom is 0.513 e. The number of nitrogens with zero attached hydrogens (tertiary/aromatic N) is 2. The number of benzene rings is 2. The van der Waals surface area contributed by atoms with Crippen LogP contribution in [0.2, 0.25) is 0 Å². The van der Waals surface area contributed by atoms with Gasteiger partial charge >= 0.3 is 6.16 Å². The Balaban J connectivity index is 1.50. The van der Waals surface area contributed by atoms with E-state index >= 15 is 0 Å². The quantitative estimate of drug-likeness (QED) is 0.282. The number of nitrogens with one attached hydrogen (secondary N) is 1. The molecule has 8 nitrogen and oxygen atoms in total. The topological polar surface area (TPSA) is 97.8 Å². The molecule has 34 heavy (non-hydrogen) atoms. The predicted molar refractivity (Wildman–Crippen MR) is 126 cm³/mol. The number of halogens is 1. The lowest BCUT2D eigenvalue weighted by Gasteiger charge is -2.18. The van der Waals surface area contributed by atoms with Gasteiger partial charge in [0.1, 0.15) is 0 Å². The van der Waals surface area contributed by atoms with E-state index in [1.54, 1.807) is 13.1 Å². The van der Waals surface area contributed by atoms with Crippen LogP contribution in [0.15, 0.2) is 42.6 Å². The third kappa shape index (κ3) is 5.23. The number of ether oxygens (including phenoxy) is 2. The molecular weight excluding hydrogens is 461 g/mol. The van der Waals surface area contributed by atoms with E-state index in [9.17, 15) is 18.8 Å². The summed E-state index contributed by atoms with van der Waals surface area (Å²) in [5.74, 6) is -2.29. The standard InChI is InChI=1S/C24H22FN3O5S/c1-2-32-24(31)33-21-17(14-29)10-16(12-19(21)25)22(30)27-23-26-13-20(34-23)15-6-5-7-18(11-15)28-8-3-4-9-28/h5-7,10-14H,2-4,8-9H2,1H3,(H,26,27,30). The molecule has 1 fully saturated rings. The zero-order chi connectivity index (χ0) is 24.1. The fourth-order valence-corrected chi connectivity index (χ4v) is 4.45. The highest BCUT2D eigenvalue weighted by Crippen LogP contribution is 2.33. The van der Waals surface area contributed by atoms with E-state index in [2.05, 4.69) is 32.1 Å². The summed E-state index contributed by atoms with van der Waals surface area (Å²) in [6.07, 6.45) is 3.18. The summed E-state index contributed by atoms with van der Waals surface area (Å²) >= 11 is 1.28. The molecule has 1 aliphatic heterocycles. The van der Waals surface area contributed by atoms with Crippen LogP contribution in [0.25, 0.3) is 10.4 Å². The zero-order valence-corrected chi connectivity index (χ0v) is 19.2. The molecule has 0 spiro atoms. The number of amides is 1. The highest BCUT2D eigenvalue weighted by molar-refractivity contribution is 7.19. The predicted octanol–water partition coefficient (Wildman–Crippen LogP) is 5.15. The minimum absolute atomic E-state index is 0.0235. The minimum atomic E-state index is -1.15. The third-order valence-electron chi connectivity index (χ3n) is 5.24. The summed E-state index contributed by atoms with van der Waals surface area (Å²) in [7, 11) is 0. The molecule has 2 aromatic carbocycles. The molecule has 10 heteroatoms. The van der Waals surface area contributed by atoms with Crippen molar-refractivity contribution < 1.29 is 28.2 Å². The summed E-state index contributed by atoms with van der Waals surface area (Å²) in [6, 6.07) is 10.2. The van der Waals surface area contributed by atoms with Gasteiger partial charge in [0, 0.05) is 30.5 Å². The molecule has 0 radical (unpaired) electrons. The second-order valence-corrected chi connectivity index (χ2v) is 8.54. The lowest BCUT2D eigenvalue weighted by atomic mass is 10.1. The molecule has 0 atom stereocenters. The summed E-state index contributed by atoms with van der Waals surface area (Å²) < 4.78 is 23.8. The Hall–Kier alpha value is -3.79. The number of hydrogen-bond donors (Lipinski definition) is 1. The van der Waals surface area contributed by atoms with Gasteiger partial charge in [-0.15, -0.1) is 0 Å². The lowest BCUT2D eigenvalue weighted by Crippen LogP contribution is -2.17. The number of aldehydes is 1. The van der Waals surface area contributed by atoms with E-state index in [4.69, 9.17) is 4.74 Å². The number of rotatable bonds is 7. The molecule has 0 unspecified atom stereocenters. The number of aromatic nitrogens is 1. The van der Waals surface area contributed by atoms with Crippen LogP contribution < -0.4 is 15.0 Å². The van der Waals surface area contributed by atoms with Crippen molar-refractivity contribution in [3.05, 3.63) is 59.5 Å². The van der Waals surface area contributed by atoms with Crippen LogP contribution in [-0.2, 0) is 4.74 Å². The summed E-state index contributed by atoms with van der Waals surface area (Å²) in [4.78, 5) is 43.0. The number of carbonyl (C=O) groups is 3. The van der Waals surface area contributed by atoms with Crippen LogP contribution in [0.5, 0.6) is 5.75 Å². The van der Waals surface area contributed by atoms with Gasteiger partial charge in [-0.25, -0.2) is 14.2 Å². The van der Waals surface area contributed by atoms with E-state index in [-0.39, 0.29) is 17.7 Å². The number of anilines is 2. The van der Waals surface area contributed by atoms with Crippen LogP contribution in [-0.4, -0.2) is 43.0 Å². The maximum absolute atomic E-state index is 14.5.